The molecule has 1 aromatic rings. The van der Waals surface area contributed by atoms with E-state index in [1.807, 2.05) is 26.0 Å². The van der Waals surface area contributed by atoms with Crippen molar-refractivity contribution in [3.8, 4) is 0 Å². The molecular weight excluding hydrogens is 252 g/mol. The molecule has 0 aliphatic carbocycles. The van der Waals surface area contributed by atoms with Gasteiger partial charge >= 0.3 is 0 Å². The van der Waals surface area contributed by atoms with Crippen molar-refractivity contribution in [2.75, 3.05) is 25.9 Å². The van der Waals surface area contributed by atoms with E-state index in [4.69, 9.17) is 10.8 Å². The second kappa shape index (κ2) is 7.90. The lowest BCUT2D eigenvalue weighted by molar-refractivity contribution is 0.0767. The summed E-state index contributed by atoms with van der Waals surface area (Å²) in [4.78, 5) is 13.6. The summed E-state index contributed by atoms with van der Waals surface area (Å²) in [6, 6.07) is 5.43. The van der Waals surface area contributed by atoms with Gasteiger partial charge in [-0.1, -0.05) is 34.6 Å². The average molecular weight is 280 g/mol. The van der Waals surface area contributed by atoms with E-state index in [0.717, 1.165) is 5.56 Å². The summed E-state index contributed by atoms with van der Waals surface area (Å²) in [5.74, 6) is -0.123. The van der Waals surface area contributed by atoms with Gasteiger partial charge in [-0.15, -0.1) is 0 Å². The first kappa shape index (κ1) is 18.4. The number of aliphatic hydroxyl groups excluding tert-OH is 1. The zero-order chi connectivity index (χ0) is 15.9. The number of benzene rings is 1. The molecule has 0 saturated heterocycles. The quantitative estimate of drug-likeness (QED) is 0.836. The zero-order valence-corrected chi connectivity index (χ0v) is 13.5. The predicted molar refractivity (Wildman–Crippen MR) is 84.9 cm³/mol. The molecule has 0 bridgehead atoms. The van der Waals surface area contributed by atoms with Crippen LogP contribution in [0.4, 0.5) is 5.69 Å². The SMILES string of the molecule is CC.CN(CCO)C(=O)c1cc(N)cc(C(C)(C)C)c1. The molecule has 1 rings (SSSR count). The van der Waals surface area contributed by atoms with Gasteiger partial charge in [0.05, 0.1) is 6.61 Å². The second-order valence-electron chi connectivity index (χ2n) is 5.54. The van der Waals surface area contributed by atoms with E-state index < -0.39 is 0 Å². The first-order valence-electron chi connectivity index (χ1n) is 7.03. The zero-order valence-electron chi connectivity index (χ0n) is 13.5. The Hall–Kier alpha value is -1.55. The molecular formula is C16H28N2O2. The van der Waals surface area contributed by atoms with E-state index in [-0.39, 0.29) is 17.9 Å². The van der Waals surface area contributed by atoms with Crippen LogP contribution in [-0.4, -0.2) is 36.1 Å². The summed E-state index contributed by atoms with van der Waals surface area (Å²) in [6.07, 6.45) is 0. The fourth-order valence-electron chi connectivity index (χ4n) is 1.68. The van der Waals surface area contributed by atoms with Crippen LogP contribution in [0.3, 0.4) is 0 Å². The van der Waals surface area contributed by atoms with E-state index in [9.17, 15) is 4.79 Å². The number of amides is 1. The van der Waals surface area contributed by atoms with Crippen molar-refractivity contribution < 1.29 is 9.90 Å². The maximum Gasteiger partial charge on any atom is 0.253 e. The molecule has 0 fully saturated rings. The topological polar surface area (TPSA) is 66.6 Å². The highest BCUT2D eigenvalue weighted by atomic mass is 16.3. The Morgan fingerprint density at radius 1 is 1.25 bits per heavy atom. The molecule has 0 aromatic heterocycles. The number of aliphatic hydroxyl groups is 1. The Labute approximate surface area is 122 Å². The minimum atomic E-state index is -0.123. The van der Waals surface area contributed by atoms with Crippen LogP contribution in [0.2, 0.25) is 0 Å². The van der Waals surface area contributed by atoms with Crippen LogP contribution >= 0.6 is 0 Å². The van der Waals surface area contributed by atoms with Gasteiger partial charge in [-0.25, -0.2) is 0 Å². The van der Waals surface area contributed by atoms with Crippen molar-refractivity contribution in [1.29, 1.82) is 0 Å². The highest BCUT2D eigenvalue weighted by molar-refractivity contribution is 5.95. The molecule has 0 heterocycles. The average Bonchev–Trinajstić information content (AvgIpc) is 2.38. The molecule has 3 N–H and O–H groups in total. The van der Waals surface area contributed by atoms with Gasteiger partial charge in [0.2, 0.25) is 0 Å². The first-order valence-corrected chi connectivity index (χ1v) is 7.03. The van der Waals surface area contributed by atoms with Crippen LogP contribution in [0, 0.1) is 0 Å². The van der Waals surface area contributed by atoms with Gasteiger partial charge in [0.1, 0.15) is 0 Å². The second-order valence-corrected chi connectivity index (χ2v) is 5.54. The molecule has 0 radical (unpaired) electrons. The fraction of sp³-hybridized carbons (Fsp3) is 0.562. The van der Waals surface area contributed by atoms with Crippen LogP contribution in [0.25, 0.3) is 0 Å². The Balaban J connectivity index is 0.00000172. The number of carbonyl (C=O) groups is 1. The molecule has 20 heavy (non-hydrogen) atoms. The Bertz CT molecular complexity index is 437. The third kappa shape index (κ3) is 5.21. The van der Waals surface area contributed by atoms with Crippen LogP contribution in [0.15, 0.2) is 18.2 Å². The monoisotopic (exact) mass is 280 g/mol. The van der Waals surface area contributed by atoms with Gasteiger partial charge in [0, 0.05) is 24.8 Å². The third-order valence-corrected chi connectivity index (χ3v) is 2.85. The predicted octanol–water partition coefficient (Wildman–Crippen LogP) is 2.66. The number of hydrogen-bond donors (Lipinski definition) is 2. The molecule has 0 spiro atoms. The number of anilines is 1. The van der Waals surface area contributed by atoms with Crippen LogP contribution in [-0.2, 0) is 5.41 Å². The van der Waals surface area contributed by atoms with Gasteiger partial charge < -0.3 is 15.7 Å². The molecule has 0 saturated carbocycles. The van der Waals surface area contributed by atoms with Crippen molar-refractivity contribution in [2.24, 2.45) is 0 Å². The van der Waals surface area contributed by atoms with Gasteiger partial charge in [-0.2, -0.15) is 0 Å². The normalized spacial score (nSPS) is 10.6. The summed E-state index contributed by atoms with van der Waals surface area (Å²) in [5, 5.41) is 8.85. The molecule has 114 valence electrons. The molecule has 1 aromatic carbocycles. The van der Waals surface area contributed by atoms with Crippen LogP contribution in [0.1, 0.15) is 50.5 Å². The lowest BCUT2D eigenvalue weighted by Crippen LogP contribution is -2.29. The molecule has 0 unspecified atom stereocenters. The van der Waals surface area contributed by atoms with Gasteiger partial charge in [-0.05, 0) is 29.2 Å². The number of rotatable bonds is 3. The highest BCUT2D eigenvalue weighted by Gasteiger charge is 2.18. The smallest absolute Gasteiger partial charge is 0.253 e. The highest BCUT2D eigenvalue weighted by Crippen LogP contribution is 2.25. The summed E-state index contributed by atoms with van der Waals surface area (Å²) in [7, 11) is 1.67. The van der Waals surface area contributed by atoms with Crippen molar-refractivity contribution in [3.05, 3.63) is 29.3 Å². The summed E-state index contributed by atoms with van der Waals surface area (Å²) in [6.45, 7) is 10.5. The summed E-state index contributed by atoms with van der Waals surface area (Å²) < 4.78 is 0. The number of nitrogens with zero attached hydrogens (tertiary/aromatic N) is 1. The number of carbonyl (C=O) groups excluding carboxylic acids is 1. The minimum Gasteiger partial charge on any atom is -0.399 e. The van der Waals surface area contributed by atoms with Crippen molar-refractivity contribution in [3.63, 3.8) is 0 Å². The van der Waals surface area contributed by atoms with Crippen molar-refractivity contribution in [1.82, 2.24) is 4.90 Å². The first-order chi connectivity index (χ1) is 9.25. The maximum absolute atomic E-state index is 12.1. The Morgan fingerprint density at radius 2 is 1.80 bits per heavy atom. The maximum atomic E-state index is 12.1. The summed E-state index contributed by atoms with van der Waals surface area (Å²) >= 11 is 0. The van der Waals surface area contributed by atoms with E-state index in [1.165, 1.54) is 4.90 Å². The Kier molecular flexibility index (Phi) is 7.29. The van der Waals surface area contributed by atoms with Crippen LogP contribution < -0.4 is 5.73 Å². The van der Waals surface area contributed by atoms with Crippen molar-refractivity contribution >= 4 is 11.6 Å². The largest absolute Gasteiger partial charge is 0.399 e. The van der Waals surface area contributed by atoms with Crippen LogP contribution in [0.5, 0.6) is 0 Å². The number of nitrogen functional groups attached to an aromatic ring is 1. The molecule has 4 heteroatoms. The van der Waals surface area contributed by atoms with E-state index in [0.29, 0.717) is 17.8 Å². The standard InChI is InChI=1S/C14H22N2O2.C2H6/c1-14(2,3)11-7-10(8-12(15)9-11)13(18)16(4)5-6-17;1-2/h7-9,17H,5-6,15H2,1-4H3;1-2H3. The van der Waals surface area contributed by atoms with E-state index in [1.54, 1.807) is 13.1 Å². The number of likely N-dealkylation sites (N-methyl/N-ethyl adjacent to an activating group) is 1. The van der Waals surface area contributed by atoms with Gasteiger partial charge in [0.15, 0.2) is 0 Å². The number of nitrogens with two attached hydrogens (primary N) is 1. The minimum absolute atomic E-state index is 0.0450. The Morgan fingerprint density at radius 3 is 2.25 bits per heavy atom. The molecule has 1 amide bonds. The number of hydrogen-bond acceptors (Lipinski definition) is 3. The lowest BCUT2D eigenvalue weighted by atomic mass is 9.85. The summed E-state index contributed by atoms with van der Waals surface area (Å²) in [5.41, 5.74) is 7.97. The van der Waals surface area contributed by atoms with E-state index >= 15 is 0 Å². The van der Waals surface area contributed by atoms with E-state index in [2.05, 4.69) is 20.8 Å². The van der Waals surface area contributed by atoms with Gasteiger partial charge in [-0.3, -0.25) is 4.79 Å². The van der Waals surface area contributed by atoms with Gasteiger partial charge in [0.25, 0.3) is 5.91 Å². The lowest BCUT2D eigenvalue weighted by Gasteiger charge is -2.22. The molecule has 0 aliphatic heterocycles. The third-order valence-electron chi connectivity index (χ3n) is 2.85. The molecule has 0 aliphatic rings. The molecule has 4 nitrogen and oxygen atoms in total. The van der Waals surface area contributed by atoms with Crippen molar-refractivity contribution in [2.45, 2.75) is 40.0 Å². The molecule has 0 atom stereocenters. The fourth-order valence-corrected chi connectivity index (χ4v) is 1.68.